The Balaban J connectivity index is 2.99. The van der Waals surface area contributed by atoms with Gasteiger partial charge in [0.15, 0.2) is 0 Å². The molecule has 0 atom stereocenters. The Morgan fingerprint density at radius 2 is 0.882 bits per heavy atom. The topological polar surface area (TPSA) is 0 Å². The Bertz CT molecular complexity index is 141. The first kappa shape index (κ1) is 17.0. The number of rotatable bonds is 11. The zero-order valence-corrected chi connectivity index (χ0v) is 13.0. The second-order valence-corrected chi connectivity index (χ2v) is 6.85. The average Bonchev–Trinajstić information content (AvgIpc) is 2.24. The average molecular weight is 240 g/mol. The van der Waals surface area contributed by atoms with Crippen LogP contribution < -0.4 is 0 Å². The normalized spacial score (nSPS) is 12.0. The van der Waals surface area contributed by atoms with Gasteiger partial charge in [-0.05, 0) is 11.8 Å². The van der Waals surface area contributed by atoms with E-state index in [1.807, 2.05) is 0 Å². The second-order valence-electron chi connectivity index (χ2n) is 6.85. The lowest BCUT2D eigenvalue weighted by molar-refractivity contribution is 0.356. The van der Waals surface area contributed by atoms with Crippen LogP contribution in [-0.4, -0.2) is 0 Å². The molecule has 0 spiro atoms. The molecule has 0 radical (unpaired) electrons. The predicted molar refractivity (Wildman–Crippen MR) is 80.5 cm³/mol. The van der Waals surface area contributed by atoms with Gasteiger partial charge in [0.2, 0.25) is 0 Å². The van der Waals surface area contributed by atoms with Gasteiger partial charge in [-0.1, -0.05) is 98.3 Å². The molecule has 0 aromatic rings. The molecule has 0 saturated carbocycles. The minimum Gasteiger partial charge on any atom is -0.0654 e. The highest BCUT2D eigenvalue weighted by atomic mass is 14.1. The van der Waals surface area contributed by atoms with E-state index in [-0.39, 0.29) is 0 Å². The number of hydrogen-bond donors (Lipinski definition) is 0. The molecule has 17 heavy (non-hydrogen) atoms. The predicted octanol–water partition coefficient (Wildman–Crippen LogP) is 6.73. The summed E-state index contributed by atoms with van der Waals surface area (Å²) < 4.78 is 0. The summed E-state index contributed by atoms with van der Waals surface area (Å²) in [5.74, 6) is 0. The standard InChI is InChI=1S/C17H36/c1-5-6-7-8-9-10-11-12-13-14-15-16-17(2,3)4/h5-16H2,1-4H3. The highest BCUT2D eigenvalue weighted by Crippen LogP contribution is 2.22. The molecule has 0 aliphatic rings. The van der Waals surface area contributed by atoms with E-state index in [1.165, 1.54) is 77.0 Å². The molecule has 0 nitrogen and oxygen atoms in total. The van der Waals surface area contributed by atoms with E-state index in [1.54, 1.807) is 0 Å². The molecule has 0 rings (SSSR count). The maximum absolute atomic E-state index is 2.35. The van der Waals surface area contributed by atoms with Crippen molar-refractivity contribution >= 4 is 0 Å². The van der Waals surface area contributed by atoms with Gasteiger partial charge in [-0.3, -0.25) is 0 Å². The van der Waals surface area contributed by atoms with Gasteiger partial charge in [-0.25, -0.2) is 0 Å². The number of hydrogen-bond acceptors (Lipinski definition) is 0. The van der Waals surface area contributed by atoms with Gasteiger partial charge in [0.1, 0.15) is 0 Å². The van der Waals surface area contributed by atoms with Crippen molar-refractivity contribution in [2.75, 3.05) is 0 Å². The Morgan fingerprint density at radius 3 is 1.24 bits per heavy atom. The van der Waals surface area contributed by atoms with Crippen LogP contribution >= 0.6 is 0 Å². The molecule has 0 amide bonds. The lowest BCUT2D eigenvalue weighted by atomic mass is 9.89. The molecule has 0 aliphatic carbocycles. The van der Waals surface area contributed by atoms with E-state index in [2.05, 4.69) is 27.7 Å². The van der Waals surface area contributed by atoms with Crippen molar-refractivity contribution in [1.82, 2.24) is 0 Å². The molecule has 0 aromatic heterocycles. The van der Waals surface area contributed by atoms with E-state index < -0.39 is 0 Å². The molecule has 0 heteroatoms. The fourth-order valence-electron chi connectivity index (χ4n) is 2.32. The summed E-state index contributed by atoms with van der Waals surface area (Å²) in [5.41, 5.74) is 0.541. The van der Waals surface area contributed by atoms with Crippen LogP contribution in [0.4, 0.5) is 0 Å². The first-order valence-electron chi connectivity index (χ1n) is 8.06. The van der Waals surface area contributed by atoms with E-state index >= 15 is 0 Å². The van der Waals surface area contributed by atoms with Gasteiger partial charge in [0.25, 0.3) is 0 Å². The molecule has 0 unspecified atom stereocenters. The van der Waals surface area contributed by atoms with Crippen molar-refractivity contribution in [2.45, 2.75) is 105 Å². The van der Waals surface area contributed by atoms with Crippen molar-refractivity contribution in [3.63, 3.8) is 0 Å². The van der Waals surface area contributed by atoms with Gasteiger partial charge in [-0.2, -0.15) is 0 Å². The Hall–Kier alpha value is 0. The van der Waals surface area contributed by atoms with Crippen LogP contribution in [-0.2, 0) is 0 Å². The lowest BCUT2D eigenvalue weighted by Gasteiger charge is -2.17. The summed E-state index contributed by atoms with van der Waals surface area (Å²) >= 11 is 0. The second kappa shape index (κ2) is 11.1. The number of unbranched alkanes of at least 4 members (excludes halogenated alkanes) is 10. The van der Waals surface area contributed by atoms with Crippen LogP contribution in [0.3, 0.4) is 0 Å². The van der Waals surface area contributed by atoms with Gasteiger partial charge in [0.05, 0.1) is 0 Å². The van der Waals surface area contributed by atoms with Gasteiger partial charge in [0, 0.05) is 0 Å². The van der Waals surface area contributed by atoms with E-state index in [0.29, 0.717) is 5.41 Å². The summed E-state index contributed by atoms with van der Waals surface area (Å²) in [5, 5.41) is 0. The summed E-state index contributed by atoms with van der Waals surface area (Å²) in [6.07, 6.45) is 17.4. The molecule has 0 bridgehead atoms. The quantitative estimate of drug-likeness (QED) is 0.351. The zero-order chi connectivity index (χ0) is 13.0. The molecule has 104 valence electrons. The lowest BCUT2D eigenvalue weighted by Crippen LogP contribution is -2.03. The largest absolute Gasteiger partial charge is 0.0654 e. The van der Waals surface area contributed by atoms with E-state index in [0.717, 1.165) is 0 Å². The van der Waals surface area contributed by atoms with Crippen LogP contribution in [0.2, 0.25) is 0 Å². The fraction of sp³-hybridized carbons (Fsp3) is 1.00. The molecule has 0 aliphatic heterocycles. The minimum absolute atomic E-state index is 0.541. The molecular weight excluding hydrogens is 204 g/mol. The molecular formula is C17H36. The first-order chi connectivity index (χ1) is 8.06. The molecule has 0 heterocycles. The molecule has 0 fully saturated rings. The van der Waals surface area contributed by atoms with Crippen molar-refractivity contribution < 1.29 is 0 Å². The smallest absolute Gasteiger partial charge is 0.0383 e. The third-order valence-corrected chi connectivity index (χ3v) is 3.53. The fourth-order valence-corrected chi connectivity index (χ4v) is 2.32. The van der Waals surface area contributed by atoms with Crippen LogP contribution in [0.25, 0.3) is 0 Å². The highest BCUT2D eigenvalue weighted by Gasteiger charge is 2.08. The zero-order valence-electron chi connectivity index (χ0n) is 13.0. The van der Waals surface area contributed by atoms with Gasteiger partial charge in [-0.15, -0.1) is 0 Å². The van der Waals surface area contributed by atoms with Crippen molar-refractivity contribution in [3.05, 3.63) is 0 Å². The molecule has 0 N–H and O–H groups in total. The van der Waals surface area contributed by atoms with Crippen LogP contribution in [0.1, 0.15) is 105 Å². The third kappa shape index (κ3) is 16.0. The van der Waals surface area contributed by atoms with Gasteiger partial charge >= 0.3 is 0 Å². The van der Waals surface area contributed by atoms with Crippen LogP contribution in [0, 0.1) is 5.41 Å². The van der Waals surface area contributed by atoms with Crippen LogP contribution in [0.5, 0.6) is 0 Å². The molecule has 0 aromatic carbocycles. The Labute approximate surface area is 111 Å². The Morgan fingerprint density at radius 1 is 0.529 bits per heavy atom. The third-order valence-electron chi connectivity index (χ3n) is 3.53. The minimum atomic E-state index is 0.541. The van der Waals surface area contributed by atoms with Crippen molar-refractivity contribution in [2.24, 2.45) is 5.41 Å². The van der Waals surface area contributed by atoms with E-state index in [4.69, 9.17) is 0 Å². The maximum atomic E-state index is 2.35. The highest BCUT2D eigenvalue weighted by molar-refractivity contribution is 4.61. The summed E-state index contributed by atoms with van der Waals surface area (Å²) in [4.78, 5) is 0. The monoisotopic (exact) mass is 240 g/mol. The van der Waals surface area contributed by atoms with Crippen molar-refractivity contribution in [1.29, 1.82) is 0 Å². The first-order valence-corrected chi connectivity index (χ1v) is 8.06. The van der Waals surface area contributed by atoms with Crippen LogP contribution in [0.15, 0.2) is 0 Å². The summed E-state index contributed by atoms with van der Waals surface area (Å²) in [7, 11) is 0. The SMILES string of the molecule is CCCCCCCCCCCCCC(C)(C)C. The van der Waals surface area contributed by atoms with Gasteiger partial charge < -0.3 is 0 Å². The summed E-state index contributed by atoms with van der Waals surface area (Å²) in [6.45, 7) is 9.34. The molecule has 0 saturated heterocycles. The summed E-state index contributed by atoms with van der Waals surface area (Å²) in [6, 6.07) is 0. The maximum Gasteiger partial charge on any atom is -0.0383 e. The van der Waals surface area contributed by atoms with E-state index in [9.17, 15) is 0 Å². The van der Waals surface area contributed by atoms with Crippen molar-refractivity contribution in [3.8, 4) is 0 Å². The Kier molecular flexibility index (Phi) is 11.1.